The Hall–Kier alpha value is -3.02. The molecule has 0 unspecified atom stereocenters. The summed E-state index contributed by atoms with van der Waals surface area (Å²) in [6.45, 7) is 3.95. The Labute approximate surface area is 203 Å². The van der Waals surface area contributed by atoms with Gasteiger partial charge in [0.1, 0.15) is 0 Å². The van der Waals surface area contributed by atoms with Crippen molar-refractivity contribution in [1.29, 1.82) is 0 Å². The molecule has 1 fully saturated rings. The van der Waals surface area contributed by atoms with Crippen molar-refractivity contribution in [3.05, 3.63) is 53.6 Å². The number of carboxylic acid groups (broad SMARTS) is 1. The van der Waals surface area contributed by atoms with Crippen molar-refractivity contribution in [3.63, 3.8) is 0 Å². The number of benzene rings is 2. The highest BCUT2D eigenvalue weighted by atomic mass is 16.5. The molecule has 0 bridgehead atoms. The molecule has 0 spiro atoms. The zero-order valence-corrected chi connectivity index (χ0v) is 20.7. The molecule has 0 heterocycles. The van der Waals surface area contributed by atoms with Crippen LogP contribution in [0.1, 0.15) is 75.8 Å². The smallest absolute Gasteiger partial charge is 0.341 e. The molecule has 2 aromatic carbocycles. The Balaban J connectivity index is 0.000000248. The van der Waals surface area contributed by atoms with Gasteiger partial charge in [-0.05, 0) is 79.3 Å². The second-order valence-corrected chi connectivity index (χ2v) is 8.77. The lowest BCUT2D eigenvalue weighted by Crippen LogP contribution is -2.13. The van der Waals surface area contributed by atoms with Gasteiger partial charge in [0, 0.05) is 5.69 Å². The van der Waals surface area contributed by atoms with Gasteiger partial charge >= 0.3 is 5.97 Å². The number of aliphatic carboxylic acids is 1. The van der Waals surface area contributed by atoms with Gasteiger partial charge in [0.2, 0.25) is 6.41 Å². The van der Waals surface area contributed by atoms with Crippen molar-refractivity contribution in [3.8, 4) is 11.5 Å². The number of unbranched alkanes of at least 4 members (excludes halogenated alkanes) is 1. The van der Waals surface area contributed by atoms with Crippen molar-refractivity contribution in [2.24, 2.45) is 5.92 Å². The van der Waals surface area contributed by atoms with Crippen LogP contribution in [0.15, 0.2) is 42.5 Å². The SMILES string of the molecule is CCCCC1CCC(c2cccc(NC=O)c2)CC1.CCc1ccc(OCC(=O)O)c(OC)c1. The lowest BCUT2D eigenvalue weighted by Gasteiger charge is -2.29. The Kier molecular flexibility index (Phi) is 12.0. The first-order valence-electron chi connectivity index (χ1n) is 12.3. The van der Waals surface area contributed by atoms with Crippen LogP contribution >= 0.6 is 0 Å². The summed E-state index contributed by atoms with van der Waals surface area (Å²) in [7, 11) is 1.53. The third kappa shape index (κ3) is 9.08. The number of hydrogen-bond donors (Lipinski definition) is 2. The number of methoxy groups -OCH3 is 1. The van der Waals surface area contributed by atoms with Crippen LogP contribution < -0.4 is 14.8 Å². The second kappa shape index (κ2) is 15.0. The monoisotopic (exact) mass is 469 g/mol. The minimum Gasteiger partial charge on any atom is -0.493 e. The maximum atomic E-state index is 10.5. The van der Waals surface area contributed by atoms with Gasteiger partial charge in [-0.3, -0.25) is 4.79 Å². The Bertz CT molecular complexity index is 890. The molecule has 0 aromatic heterocycles. The molecule has 34 heavy (non-hydrogen) atoms. The average Bonchev–Trinajstić information content (AvgIpc) is 2.87. The van der Waals surface area contributed by atoms with Crippen molar-refractivity contribution in [1.82, 2.24) is 0 Å². The van der Waals surface area contributed by atoms with Gasteiger partial charge < -0.3 is 19.9 Å². The van der Waals surface area contributed by atoms with Gasteiger partial charge in [0.15, 0.2) is 18.1 Å². The van der Waals surface area contributed by atoms with Gasteiger partial charge in [-0.15, -0.1) is 0 Å². The third-order valence-electron chi connectivity index (χ3n) is 6.38. The van der Waals surface area contributed by atoms with Crippen LogP contribution in [0.2, 0.25) is 0 Å². The Morgan fingerprint density at radius 1 is 1.09 bits per heavy atom. The number of carboxylic acids is 1. The molecule has 3 rings (SSSR count). The van der Waals surface area contributed by atoms with Crippen LogP contribution in [0.25, 0.3) is 0 Å². The minimum absolute atomic E-state index is 0.359. The molecule has 0 aliphatic heterocycles. The number of rotatable bonds is 11. The number of anilines is 1. The molecule has 0 radical (unpaired) electrons. The number of carbonyl (C=O) groups excluding carboxylic acids is 1. The number of hydrogen-bond acceptors (Lipinski definition) is 4. The van der Waals surface area contributed by atoms with Crippen molar-refractivity contribution >= 4 is 18.1 Å². The van der Waals surface area contributed by atoms with E-state index in [4.69, 9.17) is 14.6 Å². The van der Waals surface area contributed by atoms with Gasteiger partial charge in [0.25, 0.3) is 0 Å². The molecule has 2 aromatic rings. The predicted molar refractivity (Wildman–Crippen MR) is 136 cm³/mol. The summed E-state index contributed by atoms with van der Waals surface area (Å²) in [4.78, 5) is 20.8. The van der Waals surface area contributed by atoms with Gasteiger partial charge in [-0.1, -0.05) is 51.3 Å². The molecule has 0 atom stereocenters. The molecule has 6 nitrogen and oxygen atoms in total. The Morgan fingerprint density at radius 2 is 1.85 bits per heavy atom. The van der Waals surface area contributed by atoms with E-state index in [2.05, 4.69) is 24.4 Å². The van der Waals surface area contributed by atoms with Crippen LogP contribution in [0.5, 0.6) is 11.5 Å². The fourth-order valence-corrected chi connectivity index (χ4v) is 4.42. The van der Waals surface area contributed by atoms with Crippen LogP contribution in [0, 0.1) is 5.92 Å². The predicted octanol–water partition coefficient (Wildman–Crippen LogP) is 6.44. The zero-order valence-electron chi connectivity index (χ0n) is 20.7. The maximum Gasteiger partial charge on any atom is 0.341 e. The number of nitrogens with one attached hydrogen (secondary N) is 1. The summed E-state index contributed by atoms with van der Waals surface area (Å²) in [6, 6.07) is 13.8. The molecule has 0 saturated heterocycles. The van der Waals surface area contributed by atoms with E-state index in [0.29, 0.717) is 17.4 Å². The van der Waals surface area contributed by atoms with Crippen LogP contribution in [-0.4, -0.2) is 31.2 Å². The van der Waals surface area contributed by atoms with Gasteiger partial charge in [-0.25, -0.2) is 4.79 Å². The van der Waals surface area contributed by atoms with E-state index in [0.717, 1.165) is 30.0 Å². The molecular formula is C28H39NO5. The second-order valence-electron chi connectivity index (χ2n) is 8.77. The van der Waals surface area contributed by atoms with Crippen molar-refractivity contribution < 1.29 is 24.2 Å². The van der Waals surface area contributed by atoms with E-state index in [1.54, 1.807) is 6.07 Å². The largest absolute Gasteiger partial charge is 0.493 e. The molecule has 186 valence electrons. The third-order valence-corrected chi connectivity index (χ3v) is 6.38. The summed E-state index contributed by atoms with van der Waals surface area (Å²) >= 11 is 0. The van der Waals surface area contributed by atoms with E-state index < -0.39 is 5.97 Å². The molecule has 1 aliphatic rings. The van der Waals surface area contributed by atoms with Crippen molar-refractivity contribution in [2.75, 3.05) is 19.0 Å². The highest BCUT2D eigenvalue weighted by Gasteiger charge is 2.22. The molecule has 1 saturated carbocycles. The summed E-state index contributed by atoms with van der Waals surface area (Å²) in [5.74, 6) is 1.66. The van der Waals surface area contributed by atoms with Gasteiger partial charge in [-0.2, -0.15) is 0 Å². The zero-order chi connectivity index (χ0) is 24.8. The fraction of sp³-hybridized carbons (Fsp3) is 0.500. The van der Waals surface area contributed by atoms with Crippen LogP contribution in [-0.2, 0) is 16.0 Å². The first-order valence-corrected chi connectivity index (χ1v) is 12.3. The molecule has 1 aliphatic carbocycles. The average molecular weight is 470 g/mol. The number of ether oxygens (including phenoxy) is 2. The Morgan fingerprint density at radius 3 is 2.47 bits per heavy atom. The van der Waals surface area contributed by atoms with E-state index in [9.17, 15) is 9.59 Å². The quantitative estimate of drug-likeness (QED) is 0.370. The lowest BCUT2D eigenvalue weighted by atomic mass is 9.77. The first kappa shape index (κ1) is 27.2. The van der Waals surface area contributed by atoms with Crippen molar-refractivity contribution in [2.45, 2.75) is 71.1 Å². The lowest BCUT2D eigenvalue weighted by molar-refractivity contribution is -0.139. The summed E-state index contributed by atoms with van der Waals surface area (Å²) in [5.41, 5.74) is 3.43. The highest BCUT2D eigenvalue weighted by molar-refractivity contribution is 5.71. The number of carbonyl (C=O) groups is 2. The number of amides is 1. The molecule has 2 N–H and O–H groups in total. The maximum absolute atomic E-state index is 10.5. The topological polar surface area (TPSA) is 84.9 Å². The normalized spacial score (nSPS) is 17.1. The standard InChI is InChI=1S/C17H25NO.C11H14O4/c1-2-3-5-14-8-10-15(11-9-14)16-6-4-7-17(12-16)18-13-19;1-3-8-4-5-9(10(6-8)14-2)15-7-11(12)13/h4,6-7,12-15H,2-3,5,8-11H2,1H3,(H,18,19);4-6H,3,7H2,1-2H3,(H,12,13). The van der Waals surface area contributed by atoms with Crippen LogP contribution in [0.4, 0.5) is 5.69 Å². The van der Waals surface area contributed by atoms with Crippen LogP contribution in [0.3, 0.4) is 0 Å². The molecule has 1 amide bonds. The van der Waals surface area contributed by atoms with Gasteiger partial charge in [0.05, 0.1) is 7.11 Å². The van der Waals surface area contributed by atoms with E-state index in [1.807, 2.05) is 31.2 Å². The number of aryl methyl sites for hydroxylation is 1. The molecule has 6 heteroatoms. The summed E-state index contributed by atoms with van der Waals surface area (Å²) in [6.07, 6.45) is 11.1. The fourth-order valence-electron chi connectivity index (χ4n) is 4.42. The summed E-state index contributed by atoms with van der Waals surface area (Å²) < 4.78 is 10.2. The highest BCUT2D eigenvalue weighted by Crippen LogP contribution is 2.38. The molecular weight excluding hydrogens is 430 g/mol. The van der Waals surface area contributed by atoms with E-state index in [1.165, 1.54) is 57.6 Å². The summed E-state index contributed by atoms with van der Waals surface area (Å²) in [5, 5.41) is 11.2. The minimum atomic E-state index is -1.00. The van der Waals surface area contributed by atoms with E-state index >= 15 is 0 Å². The van der Waals surface area contributed by atoms with E-state index in [-0.39, 0.29) is 6.61 Å². The first-order chi connectivity index (χ1) is 16.5.